The lowest BCUT2D eigenvalue weighted by atomic mass is 10.1. The van der Waals surface area contributed by atoms with Crippen LogP contribution in [0.2, 0.25) is 0 Å². The van der Waals surface area contributed by atoms with Gasteiger partial charge in [0.25, 0.3) is 0 Å². The molecular weight excluding hydrogens is 302 g/mol. The molecule has 1 atom stereocenters. The van der Waals surface area contributed by atoms with Crippen LogP contribution >= 0.6 is 0 Å². The van der Waals surface area contributed by atoms with E-state index in [2.05, 4.69) is 32.2 Å². The van der Waals surface area contributed by atoms with Crippen molar-refractivity contribution in [1.82, 2.24) is 20.3 Å². The van der Waals surface area contributed by atoms with Crippen molar-refractivity contribution in [2.75, 3.05) is 39.8 Å². The molecule has 1 aromatic rings. The third-order valence-electron chi connectivity index (χ3n) is 5.15. The largest absolute Gasteiger partial charge is 0.359 e. The number of hydrogen-bond acceptors (Lipinski definition) is 4. The zero-order chi connectivity index (χ0) is 16.8. The van der Waals surface area contributed by atoms with Crippen molar-refractivity contribution in [3.63, 3.8) is 0 Å². The molecule has 3 heterocycles. The average Bonchev–Trinajstić information content (AvgIpc) is 3.26. The molecule has 6 nitrogen and oxygen atoms in total. The summed E-state index contributed by atoms with van der Waals surface area (Å²) in [6.07, 6.45) is 6.32. The number of rotatable bonds is 5. The molecule has 0 radical (unpaired) electrons. The van der Waals surface area contributed by atoms with Gasteiger partial charge in [0.15, 0.2) is 11.7 Å². The normalized spacial score (nSPS) is 23.0. The Bertz CT molecular complexity index is 535. The van der Waals surface area contributed by atoms with E-state index in [1.54, 1.807) is 0 Å². The van der Waals surface area contributed by atoms with Crippen molar-refractivity contribution in [3.05, 3.63) is 17.5 Å². The molecule has 0 spiro atoms. The van der Waals surface area contributed by atoms with Gasteiger partial charge in [-0.3, -0.25) is 4.99 Å². The molecule has 0 aliphatic carbocycles. The molecule has 2 saturated heterocycles. The average molecular weight is 333 g/mol. The van der Waals surface area contributed by atoms with Crippen molar-refractivity contribution >= 4 is 5.96 Å². The maximum absolute atomic E-state index is 5.34. The summed E-state index contributed by atoms with van der Waals surface area (Å²) in [5.74, 6) is 2.61. The Kier molecular flexibility index (Phi) is 6.12. The Morgan fingerprint density at radius 2 is 2.17 bits per heavy atom. The SMILES string of the molecule is CCc1cc(CNC(=NC)N2CCC(CN3CCCCC3)C2)on1. The second kappa shape index (κ2) is 8.51. The number of likely N-dealkylation sites (tertiary alicyclic amines) is 2. The van der Waals surface area contributed by atoms with Gasteiger partial charge in [0.05, 0.1) is 12.2 Å². The van der Waals surface area contributed by atoms with Gasteiger partial charge < -0.3 is 19.6 Å². The van der Waals surface area contributed by atoms with Crippen LogP contribution in [0, 0.1) is 5.92 Å². The third kappa shape index (κ3) is 4.50. The summed E-state index contributed by atoms with van der Waals surface area (Å²) in [6, 6.07) is 2.02. The molecule has 0 amide bonds. The minimum atomic E-state index is 0.646. The van der Waals surface area contributed by atoms with Gasteiger partial charge >= 0.3 is 0 Å². The highest BCUT2D eigenvalue weighted by molar-refractivity contribution is 5.80. The number of nitrogens with one attached hydrogen (secondary N) is 1. The van der Waals surface area contributed by atoms with Crippen molar-refractivity contribution in [2.45, 2.75) is 45.6 Å². The van der Waals surface area contributed by atoms with Crippen LogP contribution in [0.15, 0.2) is 15.6 Å². The number of piperidine rings is 1. The van der Waals surface area contributed by atoms with E-state index >= 15 is 0 Å². The Hall–Kier alpha value is -1.56. The fourth-order valence-corrected chi connectivity index (χ4v) is 3.79. The van der Waals surface area contributed by atoms with E-state index < -0.39 is 0 Å². The molecule has 0 bridgehead atoms. The third-order valence-corrected chi connectivity index (χ3v) is 5.15. The maximum Gasteiger partial charge on any atom is 0.194 e. The smallest absolute Gasteiger partial charge is 0.194 e. The second-order valence-corrected chi connectivity index (χ2v) is 7.00. The maximum atomic E-state index is 5.34. The summed E-state index contributed by atoms with van der Waals surface area (Å²) in [5, 5.41) is 7.46. The number of aliphatic imine (C=N–C) groups is 1. The van der Waals surface area contributed by atoms with E-state index in [4.69, 9.17) is 4.52 Å². The van der Waals surface area contributed by atoms with Gasteiger partial charge in [-0.1, -0.05) is 18.5 Å². The van der Waals surface area contributed by atoms with E-state index in [9.17, 15) is 0 Å². The highest BCUT2D eigenvalue weighted by Gasteiger charge is 2.27. The molecule has 0 aromatic carbocycles. The van der Waals surface area contributed by atoms with Gasteiger partial charge in [0.1, 0.15) is 0 Å². The monoisotopic (exact) mass is 333 g/mol. The highest BCUT2D eigenvalue weighted by atomic mass is 16.5. The van der Waals surface area contributed by atoms with Gasteiger partial charge in [0, 0.05) is 32.7 Å². The fourth-order valence-electron chi connectivity index (χ4n) is 3.79. The van der Waals surface area contributed by atoms with Crippen molar-refractivity contribution < 1.29 is 4.52 Å². The summed E-state index contributed by atoms with van der Waals surface area (Å²) >= 11 is 0. The number of nitrogens with zero attached hydrogens (tertiary/aromatic N) is 4. The van der Waals surface area contributed by atoms with Crippen LogP contribution in [0.4, 0.5) is 0 Å². The zero-order valence-corrected chi connectivity index (χ0v) is 15.1. The molecule has 134 valence electrons. The molecule has 1 unspecified atom stereocenters. The number of aryl methyl sites for hydroxylation is 1. The van der Waals surface area contributed by atoms with E-state index in [1.165, 1.54) is 45.3 Å². The van der Waals surface area contributed by atoms with Crippen molar-refractivity contribution in [1.29, 1.82) is 0 Å². The van der Waals surface area contributed by atoms with Crippen LogP contribution in [-0.4, -0.2) is 60.7 Å². The van der Waals surface area contributed by atoms with Crippen molar-refractivity contribution in [2.24, 2.45) is 10.9 Å². The first-order valence-corrected chi connectivity index (χ1v) is 9.41. The lowest BCUT2D eigenvalue weighted by molar-refractivity contribution is 0.198. The van der Waals surface area contributed by atoms with E-state index in [-0.39, 0.29) is 0 Å². The van der Waals surface area contributed by atoms with Crippen LogP contribution in [0.5, 0.6) is 0 Å². The predicted molar refractivity (Wildman–Crippen MR) is 96.1 cm³/mol. The van der Waals surface area contributed by atoms with Gasteiger partial charge in [-0.15, -0.1) is 0 Å². The summed E-state index contributed by atoms with van der Waals surface area (Å²) in [5.41, 5.74) is 1.00. The van der Waals surface area contributed by atoms with Crippen LogP contribution in [-0.2, 0) is 13.0 Å². The molecule has 2 fully saturated rings. The Balaban J connectivity index is 1.45. The van der Waals surface area contributed by atoms with Gasteiger partial charge in [-0.05, 0) is 44.7 Å². The quantitative estimate of drug-likeness (QED) is 0.661. The Morgan fingerprint density at radius 1 is 1.33 bits per heavy atom. The summed E-state index contributed by atoms with van der Waals surface area (Å²) in [7, 11) is 1.86. The van der Waals surface area contributed by atoms with Gasteiger partial charge in [-0.25, -0.2) is 0 Å². The molecule has 1 N–H and O–H groups in total. The Labute approximate surface area is 145 Å². The van der Waals surface area contributed by atoms with Crippen molar-refractivity contribution in [3.8, 4) is 0 Å². The number of guanidine groups is 1. The van der Waals surface area contributed by atoms with E-state index in [0.717, 1.165) is 42.8 Å². The van der Waals surface area contributed by atoms with Crippen LogP contribution in [0.3, 0.4) is 0 Å². The topological polar surface area (TPSA) is 56.9 Å². The van der Waals surface area contributed by atoms with Crippen LogP contribution in [0.1, 0.15) is 44.1 Å². The first-order chi connectivity index (χ1) is 11.8. The van der Waals surface area contributed by atoms with Gasteiger partial charge in [0.2, 0.25) is 0 Å². The number of aromatic nitrogens is 1. The van der Waals surface area contributed by atoms with Crippen LogP contribution in [0.25, 0.3) is 0 Å². The molecule has 3 rings (SSSR count). The minimum Gasteiger partial charge on any atom is -0.359 e. The molecular formula is C18H31N5O. The first-order valence-electron chi connectivity index (χ1n) is 9.41. The molecule has 2 aliphatic rings. The predicted octanol–water partition coefficient (Wildman–Crippen LogP) is 2.12. The zero-order valence-electron chi connectivity index (χ0n) is 15.1. The summed E-state index contributed by atoms with van der Waals surface area (Å²) in [6.45, 7) is 8.74. The van der Waals surface area contributed by atoms with E-state index in [0.29, 0.717) is 6.54 Å². The lowest BCUT2D eigenvalue weighted by Gasteiger charge is -2.29. The molecule has 1 aromatic heterocycles. The molecule has 24 heavy (non-hydrogen) atoms. The lowest BCUT2D eigenvalue weighted by Crippen LogP contribution is -2.40. The number of hydrogen-bond donors (Lipinski definition) is 1. The fraction of sp³-hybridized carbons (Fsp3) is 0.778. The molecule has 0 saturated carbocycles. The van der Waals surface area contributed by atoms with Crippen LogP contribution < -0.4 is 5.32 Å². The standard InChI is InChI=1S/C18H31N5O/c1-3-16-11-17(24-21-16)12-20-18(19-2)23-10-7-15(14-23)13-22-8-5-4-6-9-22/h11,15H,3-10,12-14H2,1-2H3,(H,19,20). The highest BCUT2D eigenvalue weighted by Crippen LogP contribution is 2.20. The second-order valence-electron chi connectivity index (χ2n) is 7.00. The minimum absolute atomic E-state index is 0.646. The molecule has 6 heteroatoms. The van der Waals surface area contributed by atoms with Gasteiger partial charge in [-0.2, -0.15) is 0 Å². The summed E-state index contributed by atoms with van der Waals surface area (Å²) < 4.78 is 5.34. The molecule has 2 aliphatic heterocycles. The summed E-state index contributed by atoms with van der Waals surface area (Å²) in [4.78, 5) is 9.48. The Morgan fingerprint density at radius 3 is 2.88 bits per heavy atom. The van der Waals surface area contributed by atoms with E-state index in [1.807, 2.05) is 13.1 Å². The first kappa shape index (κ1) is 17.3.